The third-order valence-corrected chi connectivity index (χ3v) is 1.77. The number of rotatable bonds is 8. The lowest BCUT2D eigenvalue weighted by Crippen LogP contribution is -2.33. The van der Waals surface area contributed by atoms with Crippen molar-refractivity contribution in [3.8, 4) is 12.1 Å². The van der Waals surface area contributed by atoms with Gasteiger partial charge in [0.05, 0.1) is 18.7 Å². The summed E-state index contributed by atoms with van der Waals surface area (Å²) in [7, 11) is 0. The Balaban J connectivity index is 4.31. The smallest absolute Gasteiger partial charge is 0.320 e. The second-order valence-corrected chi connectivity index (χ2v) is 3.35. The van der Waals surface area contributed by atoms with E-state index in [0.29, 0.717) is 0 Å². The first kappa shape index (κ1) is 17.4. The summed E-state index contributed by atoms with van der Waals surface area (Å²) >= 11 is 0. The van der Waals surface area contributed by atoms with Gasteiger partial charge >= 0.3 is 17.9 Å². The van der Waals surface area contributed by atoms with Gasteiger partial charge < -0.3 is 19.9 Å². The molecule has 0 heterocycles. The predicted molar refractivity (Wildman–Crippen MR) is 61.3 cm³/mol. The highest BCUT2D eigenvalue weighted by Crippen LogP contribution is 1.99. The van der Waals surface area contributed by atoms with E-state index < -0.39 is 43.4 Å². The summed E-state index contributed by atoms with van der Waals surface area (Å²) in [5.41, 5.74) is 5.05. The first-order valence-electron chi connectivity index (χ1n) is 5.48. The molecule has 0 unspecified atom stereocenters. The van der Waals surface area contributed by atoms with E-state index in [9.17, 15) is 14.4 Å². The second-order valence-electron chi connectivity index (χ2n) is 3.35. The van der Waals surface area contributed by atoms with Gasteiger partial charge in [-0.2, -0.15) is 10.5 Å². The zero-order valence-electron chi connectivity index (χ0n) is 10.5. The van der Waals surface area contributed by atoms with Gasteiger partial charge in [-0.3, -0.25) is 14.4 Å². The first-order chi connectivity index (χ1) is 9.53. The van der Waals surface area contributed by atoms with E-state index in [4.69, 9.17) is 21.0 Å². The average molecular weight is 283 g/mol. The van der Waals surface area contributed by atoms with Gasteiger partial charge in [0.15, 0.2) is 6.10 Å². The lowest BCUT2D eigenvalue weighted by Gasteiger charge is -2.17. The quantitative estimate of drug-likeness (QED) is 0.426. The number of ether oxygens (including phenoxy) is 3. The highest BCUT2D eigenvalue weighted by molar-refractivity contribution is 5.73. The molecule has 0 saturated heterocycles. The number of nitriles is 2. The molecular weight excluding hydrogens is 270 g/mol. The Labute approximate surface area is 114 Å². The van der Waals surface area contributed by atoms with Crippen molar-refractivity contribution in [2.45, 2.75) is 18.9 Å². The Morgan fingerprint density at radius 1 is 0.950 bits per heavy atom. The summed E-state index contributed by atoms with van der Waals surface area (Å²) in [6.45, 7) is -1.16. The number of nitrogens with two attached hydrogens (primary N) is 1. The first-order valence-corrected chi connectivity index (χ1v) is 5.48. The third-order valence-electron chi connectivity index (χ3n) is 1.77. The van der Waals surface area contributed by atoms with Crippen LogP contribution in [0, 0.1) is 22.7 Å². The van der Waals surface area contributed by atoms with E-state index in [1.165, 1.54) is 0 Å². The maximum atomic E-state index is 11.0. The Hall–Kier alpha value is -2.65. The molecule has 0 aliphatic rings. The van der Waals surface area contributed by atoms with Crippen LogP contribution >= 0.6 is 0 Å². The maximum absolute atomic E-state index is 11.0. The van der Waals surface area contributed by atoms with Crippen LogP contribution in [0.1, 0.15) is 12.8 Å². The second kappa shape index (κ2) is 10.3. The molecule has 0 aromatic heterocycles. The van der Waals surface area contributed by atoms with E-state index in [1.54, 1.807) is 12.1 Å². The van der Waals surface area contributed by atoms with E-state index in [1.807, 2.05) is 0 Å². The molecule has 0 saturated carbocycles. The van der Waals surface area contributed by atoms with Gasteiger partial charge in [-0.15, -0.1) is 0 Å². The van der Waals surface area contributed by atoms with E-state index in [2.05, 4.69) is 9.47 Å². The number of hydrogen-bond donors (Lipinski definition) is 1. The highest BCUT2D eigenvalue weighted by atomic mass is 16.6. The fraction of sp³-hybridized carbons (Fsp3) is 0.545. The molecule has 9 heteroatoms. The molecule has 9 nitrogen and oxygen atoms in total. The fourth-order valence-corrected chi connectivity index (χ4v) is 0.953. The van der Waals surface area contributed by atoms with Crippen LogP contribution < -0.4 is 5.73 Å². The SMILES string of the molecule is N#CCC(=O)OCC(COC(=O)CC#N)OC(=O)CN. The predicted octanol–water partition coefficient (Wildman–Crippen LogP) is -1.23. The summed E-state index contributed by atoms with van der Waals surface area (Å²) in [5, 5.41) is 16.5. The van der Waals surface area contributed by atoms with Crippen LogP contribution in [0.25, 0.3) is 0 Å². The molecular formula is C11H13N3O6. The summed E-state index contributed by atoms with van der Waals surface area (Å²) in [6, 6.07) is 3.17. The molecule has 0 atom stereocenters. The molecule has 0 aliphatic heterocycles. The highest BCUT2D eigenvalue weighted by Gasteiger charge is 2.18. The summed E-state index contributed by atoms with van der Waals surface area (Å²) in [6.07, 6.45) is -1.95. The monoisotopic (exact) mass is 283 g/mol. The molecule has 0 radical (unpaired) electrons. The van der Waals surface area contributed by atoms with E-state index in [0.717, 1.165) is 0 Å². The molecule has 20 heavy (non-hydrogen) atoms. The van der Waals surface area contributed by atoms with Crippen molar-refractivity contribution in [3.05, 3.63) is 0 Å². The van der Waals surface area contributed by atoms with Crippen molar-refractivity contribution in [2.75, 3.05) is 19.8 Å². The standard InChI is InChI=1S/C11H13N3O6/c12-3-1-9(15)18-6-8(20-11(17)5-14)7-19-10(16)2-4-13/h8H,1-2,5-7,14H2. The van der Waals surface area contributed by atoms with Gasteiger partial charge in [0.1, 0.15) is 26.1 Å². The van der Waals surface area contributed by atoms with Gasteiger partial charge in [-0.25, -0.2) is 0 Å². The van der Waals surface area contributed by atoms with Crippen LogP contribution in [-0.4, -0.2) is 43.8 Å². The Morgan fingerprint density at radius 3 is 1.75 bits per heavy atom. The minimum Gasteiger partial charge on any atom is -0.461 e. The maximum Gasteiger partial charge on any atom is 0.320 e. The lowest BCUT2D eigenvalue weighted by atomic mass is 10.4. The Kier molecular flexibility index (Phi) is 8.93. The molecule has 0 bridgehead atoms. The Morgan fingerprint density at radius 2 is 1.40 bits per heavy atom. The topological polar surface area (TPSA) is 153 Å². The number of hydrogen-bond acceptors (Lipinski definition) is 9. The fourth-order valence-electron chi connectivity index (χ4n) is 0.953. The molecule has 0 rings (SSSR count). The number of carbonyl (C=O) groups is 3. The lowest BCUT2D eigenvalue weighted by molar-refractivity contribution is -0.165. The van der Waals surface area contributed by atoms with E-state index in [-0.39, 0.29) is 13.2 Å². The normalized spacial score (nSPS) is 9.20. The zero-order valence-corrected chi connectivity index (χ0v) is 10.5. The summed E-state index contributed by atoms with van der Waals surface area (Å²) < 4.78 is 14.1. The van der Waals surface area contributed by atoms with Gasteiger partial charge in [-0.1, -0.05) is 0 Å². The van der Waals surface area contributed by atoms with Gasteiger partial charge in [0.25, 0.3) is 0 Å². The zero-order chi connectivity index (χ0) is 15.4. The van der Waals surface area contributed by atoms with E-state index >= 15 is 0 Å². The van der Waals surface area contributed by atoms with Gasteiger partial charge in [-0.05, 0) is 0 Å². The molecule has 108 valence electrons. The minimum atomic E-state index is -1.05. The third kappa shape index (κ3) is 8.44. The van der Waals surface area contributed by atoms with Crippen LogP contribution in [0.15, 0.2) is 0 Å². The van der Waals surface area contributed by atoms with Crippen LogP contribution in [-0.2, 0) is 28.6 Å². The molecule has 0 spiro atoms. The van der Waals surface area contributed by atoms with Gasteiger partial charge in [0, 0.05) is 0 Å². The molecule has 0 aromatic rings. The molecule has 0 aromatic carbocycles. The van der Waals surface area contributed by atoms with Crippen LogP contribution in [0.4, 0.5) is 0 Å². The molecule has 0 aliphatic carbocycles. The number of carbonyl (C=O) groups excluding carboxylic acids is 3. The largest absolute Gasteiger partial charge is 0.461 e. The molecule has 2 N–H and O–H groups in total. The minimum absolute atomic E-state index is 0.383. The Bertz CT molecular complexity index is 404. The number of nitrogens with zero attached hydrogens (tertiary/aromatic N) is 2. The average Bonchev–Trinajstić information content (AvgIpc) is 2.42. The number of esters is 3. The molecule has 0 amide bonds. The van der Waals surface area contributed by atoms with Crippen molar-refractivity contribution in [3.63, 3.8) is 0 Å². The van der Waals surface area contributed by atoms with Crippen molar-refractivity contribution >= 4 is 17.9 Å². The van der Waals surface area contributed by atoms with Crippen LogP contribution in [0.2, 0.25) is 0 Å². The van der Waals surface area contributed by atoms with Crippen molar-refractivity contribution < 1.29 is 28.6 Å². The van der Waals surface area contributed by atoms with Crippen molar-refractivity contribution in [2.24, 2.45) is 5.73 Å². The summed E-state index contributed by atoms with van der Waals surface area (Å²) in [4.78, 5) is 33.0. The summed E-state index contributed by atoms with van der Waals surface area (Å²) in [5.74, 6) is -2.38. The van der Waals surface area contributed by atoms with Gasteiger partial charge in [0.2, 0.25) is 0 Å². The van der Waals surface area contributed by atoms with Crippen molar-refractivity contribution in [1.29, 1.82) is 10.5 Å². The van der Waals surface area contributed by atoms with Crippen molar-refractivity contribution in [1.82, 2.24) is 0 Å². The van der Waals surface area contributed by atoms with Crippen LogP contribution in [0.3, 0.4) is 0 Å². The molecule has 0 fully saturated rings. The van der Waals surface area contributed by atoms with Crippen LogP contribution in [0.5, 0.6) is 0 Å².